The van der Waals surface area contributed by atoms with Crippen molar-refractivity contribution in [2.75, 3.05) is 26.1 Å². The van der Waals surface area contributed by atoms with Crippen LogP contribution in [0.15, 0.2) is 46.0 Å². The maximum Gasteiger partial charge on any atom is 0.332 e. The lowest BCUT2D eigenvalue weighted by Gasteiger charge is -2.17. The van der Waals surface area contributed by atoms with E-state index in [9.17, 15) is 24.4 Å². The van der Waals surface area contributed by atoms with Crippen LogP contribution in [0.4, 0.5) is 5.69 Å². The molecule has 1 heterocycles. The van der Waals surface area contributed by atoms with Gasteiger partial charge in [-0.1, -0.05) is 23.7 Å². The molecule has 34 heavy (non-hydrogen) atoms. The third-order valence-corrected chi connectivity index (χ3v) is 5.36. The number of benzene rings is 2. The van der Waals surface area contributed by atoms with Crippen molar-refractivity contribution in [3.63, 3.8) is 0 Å². The van der Waals surface area contributed by atoms with Gasteiger partial charge in [-0.05, 0) is 25.1 Å². The predicted octanol–water partition coefficient (Wildman–Crippen LogP) is 1.71. The lowest BCUT2D eigenvalue weighted by Crippen LogP contribution is -2.45. The number of hydrogen-bond acceptors (Lipinski definition) is 7. The Labute approximate surface area is 198 Å². The Morgan fingerprint density at radius 2 is 1.74 bits per heavy atom. The van der Waals surface area contributed by atoms with E-state index in [-0.39, 0.29) is 33.9 Å². The number of ether oxygens (including phenoxy) is 2. The summed E-state index contributed by atoms with van der Waals surface area (Å²) >= 11 is 6.15. The van der Waals surface area contributed by atoms with Gasteiger partial charge in [0.25, 0.3) is 11.5 Å². The Kier molecular flexibility index (Phi) is 7.59. The normalized spacial score (nSPS) is 10.7. The number of likely N-dealkylation sites (N-methyl/N-ethyl adjacent to an activating group) is 1. The smallest absolute Gasteiger partial charge is 0.332 e. The fourth-order valence-corrected chi connectivity index (χ4v) is 3.59. The van der Waals surface area contributed by atoms with E-state index >= 15 is 0 Å². The van der Waals surface area contributed by atoms with E-state index in [1.807, 2.05) is 0 Å². The molecular formula is C22H23ClN4O7. The zero-order chi connectivity index (χ0) is 25.0. The molecule has 11 nitrogen and oxygen atoms in total. The van der Waals surface area contributed by atoms with Crippen LogP contribution in [0.5, 0.6) is 11.5 Å². The zero-order valence-corrected chi connectivity index (χ0v) is 19.5. The quantitative estimate of drug-likeness (QED) is 0.363. The van der Waals surface area contributed by atoms with Gasteiger partial charge < -0.3 is 14.8 Å². The van der Waals surface area contributed by atoms with Gasteiger partial charge in [-0.15, -0.1) is 0 Å². The average molecular weight is 491 g/mol. The van der Waals surface area contributed by atoms with Gasteiger partial charge in [0.05, 0.1) is 35.8 Å². The molecule has 1 aromatic heterocycles. The molecule has 2 N–H and O–H groups in total. The first-order valence-corrected chi connectivity index (χ1v) is 10.5. The molecule has 0 radical (unpaired) electrons. The van der Waals surface area contributed by atoms with Gasteiger partial charge in [0.1, 0.15) is 24.6 Å². The lowest BCUT2D eigenvalue weighted by atomic mass is 10.2. The van der Waals surface area contributed by atoms with Crippen molar-refractivity contribution in [2.24, 2.45) is 0 Å². The number of nitrogens with one attached hydrogen (secondary N) is 1. The van der Waals surface area contributed by atoms with Crippen LogP contribution >= 0.6 is 11.6 Å². The van der Waals surface area contributed by atoms with Crippen LogP contribution in [0.1, 0.15) is 6.92 Å². The maximum absolute atomic E-state index is 13.1. The molecule has 2 aromatic carbocycles. The first-order valence-electron chi connectivity index (χ1n) is 10.1. The minimum absolute atomic E-state index is 0.0238. The van der Waals surface area contributed by atoms with Crippen LogP contribution in [0.25, 0.3) is 10.9 Å². The summed E-state index contributed by atoms with van der Waals surface area (Å²) in [6.07, 6.45) is 0. The molecule has 0 bridgehead atoms. The molecule has 3 aromatic rings. The van der Waals surface area contributed by atoms with Crippen molar-refractivity contribution < 1.29 is 24.3 Å². The van der Waals surface area contributed by atoms with E-state index in [0.717, 1.165) is 4.57 Å². The predicted molar refractivity (Wildman–Crippen MR) is 125 cm³/mol. The van der Waals surface area contributed by atoms with Crippen molar-refractivity contribution in [1.29, 1.82) is 0 Å². The van der Waals surface area contributed by atoms with E-state index in [1.54, 1.807) is 12.1 Å². The summed E-state index contributed by atoms with van der Waals surface area (Å²) in [4.78, 5) is 51.0. The van der Waals surface area contributed by atoms with Crippen LogP contribution in [0.2, 0.25) is 5.02 Å². The number of carbonyl (C=O) groups excluding carboxylic acids is 2. The molecule has 0 spiro atoms. The second-order valence-corrected chi connectivity index (χ2v) is 7.53. The number of para-hydroxylation sites is 1. The number of hydroxylamine groups is 2. The number of amides is 2. The molecule has 180 valence electrons. The maximum atomic E-state index is 13.1. The molecule has 0 aliphatic rings. The number of hydrogen-bond donors (Lipinski definition) is 2. The number of anilines is 1. The molecule has 0 saturated heterocycles. The largest absolute Gasteiger partial charge is 0.495 e. The average Bonchev–Trinajstić information content (AvgIpc) is 2.83. The zero-order valence-electron chi connectivity index (χ0n) is 18.7. The van der Waals surface area contributed by atoms with Crippen LogP contribution in [0.3, 0.4) is 0 Å². The van der Waals surface area contributed by atoms with E-state index in [0.29, 0.717) is 15.4 Å². The third-order valence-electron chi connectivity index (χ3n) is 5.06. The second-order valence-electron chi connectivity index (χ2n) is 7.12. The summed E-state index contributed by atoms with van der Waals surface area (Å²) in [6, 6.07) is 9.16. The van der Waals surface area contributed by atoms with Crippen molar-refractivity contribution in [3.8, 4) is 11.5 Å². The molecule has 12 heteroatoms. The topological polar surface area (TPSA) is 132 Å². The first kappa shape index (κ1) is 24.8. The van der Waals surface area contributed by atoms with Crippen molar-refractivity contribution in [2.45, 2.75) is 20.0 Å². The summed E-state index contributed by atoms with van der Waals surface area (Å²) < 4.78 is 12.2. The van der Waals surface area contributed by atoms with Crippen molar-refractivity contribution >= 4 is 40.0 Å². The highest BCUT2D eigenvalue weighted by Gasteiger charge is 2.20. The standard InChI is InChI=1S/C22H23ClN4O7/c1-4-27(32)20(29)12-26-21(30)13-7-5-6-8-16(13)25(22(26)31)11-19(28)24-15-9-14(23)17(33-2)10-18(15)34-3/h5-10,32H,4,11-12H2,1-3H3,(H,24,28). The number of fused-ring (bicyclic) bond motifs is 1. The molecule has 0 aliphatic heterocycles. The molecular weight excluding hydrogens is 468 g/mol. The highest BCUT2D eigenvalue weighted by atomic mass is 35.5. The summed E-state index contributed by atoms with van der Waals surface area (Å²) in [7, 11) is 2.84. The van der Waals surface area contributed by atoms with Crippen molar-refractivity contribution in [1.82, 2.24) is 14.2 Å². The second kappa shape index (κ2) is 10.4. The van der Waals surface area contributed by atoms with E-state index in [2.05, 4.69) is 5.32 Å². The Morgan fingerprint density at radius 1 is 1.06 bits per heavy atom. The fourth-order valence-electron chi connectivity index (χ4n) is 3.35. The third kappa shape index (κ3) is 4.90. The van der Waals surface area contributed by atoms with Crippen LogP contribution < -0.4 is 26.0 Å². The number of methoxy groups -OCH3 is 2. The molecule has 0 atom stereocenters. The van der Waals surface area contributed by atoms with Gasteiger partial charge >= 0.3 is 5.69 Å². The Bertz CT molecular complexity index is 1370. The molecule has 0 fully saturated rings. The van der Waals surface area contributed by atoms with Crippen LogP contribution in [-0.2, 0) is 22.7 Å². The molecule has 0 unspecified atom stereocenters. The molecule has 0 aliphatic carbocycles. The number of rotatable bonds is 8. The highest BCUT2D eigenvalue weighted by molar-refractivity contribution is 6.32. The van der Waals surface area contributed by atoms with Gasteiger partial charge in [-0.25, -0.2) is 9.86 Å². The molecule has 3 rings (SSSR count). The summed E-state index contributed by atoms with van der Waals surface area (Å²) in [6.45, 7) is 0.348. The minimum atomic E-state index is -0.878. The monoisotopic (exact) mass is 490 g/mol. The van der Waals surface area contributed by atoms with E-state index < -0.39 is 36.2 Å². The van der Waals surface area contributed by atoms with E-state index in [4.69, 9.17) is 21.1 Å². The Balaban J connectivity index is 2.02. The van der Waals surface area contributed by atoms with Crippen molar-refractivity contribution in [3.05, 3.63) is 62.3 Å². The van der Waals surface area contributed by atoms with E-state index in [1.165, 1.54) is 45.4 Å². The highest BCUT2D eigenvalue weighted by Crippen LogP contribution is 2.35. The number of nitrogens with zero attached hydrogens (tertiary/aromatic N) is 3. The lowest BCUT2D eigenvalue weighted by molar-refractivity contribution is -0.165. The minimum Gasteiger partial charge on any atom is -0.495 e. The molecule has 2 amide bonds. The number of halogens is 1. The SMILES string of the molecule is CCN(O)C(=O)Cn1c(=O)c2ccccc2n(CC(=O)Nc2cc(Cl)c(OC)cc2OC)c1=O. The van der Waals surface area contributed by atoms with Crippen LogP contribution in [0, 0.1) is 0 Å². The Hall–Kier alpha value is -3.83. The Morgan fingerprint density at radius 3 is 2.38 bits per heavy atom. The molecule has 0 saturated carbocycles. The van der Waals surface area contributed by atoms with Crippen LogP contribution in [-0.4, -0.2) is 52.0 Å². The van der Waals surface area contributed by atoms with Gasteiger partial charge in [-0.2, -0.15) is 0 Å². The van der Waals surface area contributed by atoms with Gasteiger partial charge in [0.15, 0.2) is 0 Å². The van der Waals surface area contributed by atoms with Gasteiger partial charge in [0, 0.05) is 12.6 Å². The van der Waals surface area contributed by atoms with Gasteiger partial charge in [-0.3, -0.25) is 28.7 Å². The first-order chi connectivity index (χ1) is 16.2. The fraction of sp³-hybridized carbons (Fsp3) is 0.273. The summed E-state index contributed by atoms with van der Waals surface area (Å²) in [5.41, 5.74) is -1.12. The number of carbonyl (C=O) groups is 2. The number of aromatic nitrogens is 2. The van der Waals surface area contributed by atoms with Gasteiger partial charge in [0.2, 0.25) is 5.91 Å². The summed E-state index contributed by atoms with van der Waals surface area (Å²) in [5, 5.41) is 13.0. The summed E-state index contributed by atoms with van der Waals surface area (Å²) in [5.74, 6) is -0.822.